The molecule has 0 aromatic heterocycles. The maximum absolute atomic E-state index is 12.6. The lowest BCUT2D eigenvalue weighted by atomic mass is 9.95. The fourth-order valence-electron chi connectivity index (χ4n) is 3.34. The third-order valence-corrected chi connectivity index (χ3v) is 5.28. The zero-order chi connectivity index (χ0) is 13.4. The van der Waals surface area contributed by atoms with Crippen molar-refractivity contribution in [3.63, 3.8) is 0 Å². The predicted molar refractivity (Wildman–Crippen MR) is 78.6 cm³/mol. The Balaban J connectivity index is 1.76. The highest BCUT2D eigenvalue weighted by molar-refractivity contribution is 7.98. The normalized spacial score (nSPS) is 29.6. The van der Waals surface area contributed by atoms with Crippen LogP contribution in [0.4, 0.5) is 0 Å². The van der Waals surface area contributed by atoms with Crippen molar-refractivity contribution >= 4 is 17.7 Å². The van der Waals surface area contributed by atoms with E-state index >= 15 is 0 Å². The Hall–Kier alpha value is -1.00. The van der Waals surface area contributed by atoms with Gasteiger partial charge in [0.05, 0.1) is 0 Å². The summed E-state index contributed by atoms with van der Waals surface area (Å²) in [7, 11) is 0. The average molecular weight is 276 g/mol. The number of nitrogens with zero attached hydrogens (tertiary/aromatic N) is 1. The number of thioether (sulfide) groups is 1. The number of benzene rings is 1. The summed E-state index contributed by atoms with van der Waals surface area (Å²) in [4.78, 5) is 15.8. The summed E-state index contributed by atoms with van der Waals surface area (Å²) < 4.78 is 0. The van der Waals surface area contributed by atoms with Crippen LogP contribution in [0.1, 0.15) is 17.3 Å². The zero-order valence-corrected chi connectivity index (χ0v) is 12.2. The molecule has 1 aromatic rings. The Labute approximate surface area is 118 Å². The fraction of sp³-hybridized carbons (Fsp3) is 0.533. The number of carbonyl (C=O) groups is 1. The first-order valence-electron chi connectivity index (χ1n) is 6.86. The highest BCUT2D eigenvalue weighted by Gasteiger charge is 2.43. The van der Waals surface area contributed by atoms with Gasteiger partial charge in [-0.15, -0.1) is 11.8 Å². The van der Waals surface area contributed by atoms with Crippen molar-refractivity contribution in [3.8, 4) is 0 Å². The van der Waals surface area contributed by atoms with E-state index < -0.39 is 0 Å². The average Bonchev–Trinajstić information content (AvgIpc) is 3.02. The second-order valence-corrected chi connectivity index (χ2v) is 6.39. The van der Waals surface area contributed by atoms with E-state index in [0.717, 1.165) is 25.2 Å². The molecule has 2 saturated heterocycles. The molecule has 1 amide bonds. The molecule has 0 bridgehead atoms. The molecule has 0 radical (unpaired) electrons. The van der Waals surface area contributed by atoms with Crippen molar-refractivity contribution in [2.75, 3.05) is 25.9 Å². The van der Waals surface area contributed by atoms with Gasteiger partial charge in [0.1, 0.15) is 0 Å². The van der Waals surface area contributed by atoms with Gasteiger partial charge in [-0.3, -0.25) is 4.79 Å². The van der Waals surface area contributed by atoms with Crippen LogP contribution in [-0.2, 0) is 0 Å². The van der Waals surface area contributed by atoms with Gasteiger partial charge in [0.25, 0.3) is 5.91 Å². The third-order valence-electron chi connectivity index (χ3n) is 4.53. The molecule has 2 heterocycles. The molecule has 3 atom stereocenters. The van der Waals surface area contributed by atoms with E-state index in [1.165, 1.54) is 4.90 Å². The SMILES string of the molecule is CSc1ccc(C(=O)N2CC3CNCC3C2C)cc1. The summed E-state index contributed by atoms with van der Waals surface area (Å²) >= 11 is 1.70. The Bertz CT molecular complexity index is 474. The number of amides is 1. The first-order chi connectivity index (χ1) is 9.20. The van der Waals surface area contributed by atoms with E-state index in [4.69, 9.17) is 0 Å². The summed E-state index contributed by atoms with van der Waals surface area (Å²) in [5.41, 5.74) is 0.817. The Morgan fingerprint density at radius 1 is 1.32 bits per heavy atom. The van der Waals surface area contributed by atoms with Crippen LogP contribution >= 0.6 is 11.8 Å². The quantitative estimate of drug-likeness (QED) is 0.840. The second kappa shape index (κ2) is 5.17. The smallest absolute Gasteiger partial charge is 0.254 e. The molecule has 3 unspecified atom stereocenters. The standard InChI is InChI=1S/C15H20N2OS/c1-10-14-8-16-7-12(14)9-17(10)15(18)11-3-5-13(19-2)6-4-11/h3-6,10,12,14,16H,7-9H2,1-2H3. The minimum atomic E-state index is 0.189. The van der Waals surface area contributed by atoms with Crippen molar-refractivity contribution in [1.29, 1.82) is 0 Å². The molecule has 3 rings (SSSR count). The van der Waals surface area contributed by atoms with Crippen molar-refractivity contribution in [3.05, 3.63) is 29.8 Å². The number of rotatable bonds is 2. The predicted octanol–water partition coefficient (Wildman–Crippen LogP) is 2.09. The van der Waals surface area contributed by atoms with Crippen molar-refractivity contribution in [1.82, 2.24) is 10.2 Å². The van der Waals surface area contributed by atoms with Crippen LogP contribution in [0.2, 0.25) is 0 Å². The molecule has 1 N–H and O–H groups in total. The van der Waals surface area contributed by atoms with E-state index in [0.29, 0.717) is 17.9 Å². The maximum Gasteiger partial charge on any atom is 0.254 e. The summed E-state index contributed by atoms with van der Waals surface area (Å²) in [6.45, 7) is 5.21. The van der Waals surface area contributed by atoms with Gasteiger partial charge in [-0.25, -0.2) is 0 Å². The topological polar surface area (TPSA) is 32.3 Å². The minimum absolute atomic E-state index is 0.189. The highest BCUT2D eigenvalue weighted by Crippen LogP contribution is 2.33. The van der Waals surface area contributed by atoms with Crippen LogP contribution in [-0.4, -0.2) is 42.7 Å². The number of fused-ring (bicyclic) bond motifs is 1. The molecule has 0 spiro atoms. The van der Waals surface area contributed by atoms with E-state index in [1.54, 1.807) is 11.8 Å². The number of carbonyl (C=O) groups excluding carboxylic acids is 1. The van der Waals surface area contributed by atoms with Gasteiger partial charge in [-0.05, 0) is 49.3 Å². The molecule has 2 aliphatic heterocycles. The lowest BCUT2D eigenvalue weighted by Crippen LogP contribution is -2.38. The summed E-state index contributed by atoms with van der Waals surface area (Å²) in [5, 5.41) is 3.43. The fourth-order valence-corrected chi connectivity index (χ4v) is 3.74. The van der Waals surface area contributed by atoms with Crippen LogP contribution < -0.4 is 5.32 Å². The van der Waals surface area contributed by atoms with Gasteiger partial charge >= 0.3 is 0 Å². The van der Waals surface area contributed by atoms with Crippen LogP contribution in [0.3, 0.4) is 0 Å². The lowest BCUT2D eigenvalue weighted by Gasteiger charge is -2.24. The van der Waals surface area contributed by atoms with Crippen molar-refractivity contribution in [2.24, 2.45) is 11.8 Å². The molecule has 19 heavy (non-hydrogen) atoms. The van der Waals surface area contributed by atoms with Crippen LogP contribution in [0.5, 0.6) is 0 Å². The number of likely N-dealkylation sites (tertiary alicyclic amines) is 1. The van der Waals surface area contributed by atoms with Gasteiger partial charge < -0.3 is 10.2 Å². The van der Waals surface area contributed by atoms with Gasteiger partial charge in [0, 0.05) is 36.1 Å². The Morgan fingerprint density at radius 2 is 2.05 bits per heavy atom. The number of hydrogen-bond donors (Lipinski definition) is 1. The van der Waals surface area contributed by atoms with E-state index in [9.17, 15) is 4.79 Å². The molecule has 102 valence electrons. The highest BCUT2D eigenvalue weighted by atomic mass is 32.2. The molecule has 0 saturated carbocycles. The largest absolute Gasteiger partial charge is 0.335 e. The molecule has 3 nitrogen and oxygen atoms in total. The monoisotopic (exact) mass is 276 g/mol. The summed E-state index contributed by atoms with van der Waals surface area (Å²) in [6, 6.07) is 8.32. The van der Waals surface area contributed by atoms with Crippen molar-refractivity contribution in [2.45, 2.75) is 17.9 Å². The molecule has 1 aromatic carbocycles. The summed E-state index contributed by atoms with van der Waals surface area (Å²) in [6.07, 6.45) is 2.05. The Morgan fingerprint density at radius 3 is 2.68 bits per heavy atom. The molecular formula is C15H20N2OS. The second-order valence-electron chi connectivity index (χ2n) is 5.51. The Kier molecular flexibility index (Phi) is 3.54. The first kappa shape index (κ1) is 13.0. The van der Waals surface area contributed by atoms with Gasteiger partial charge in [0.2, 0.25) is 0 Å². The minimum Gasteiger partial charge on any atom is -0.335 e. The summed E-state index contributed by atoms with van der Waals surface area (Å²) in [5.74, 6) is 1.47. The number of hydrogen-bond acceptors (Lipinski definition) is 3. The van der Waals surface area contributed by atoms with E-state index in [-0.39, 0.29) is 5.91 Å². The van der Waals surface area contributed by atoms with Gasteiger partial charge in [-0.2, -0.15) is 0 Å². The molecule has 4 heteroatoms. The zero-order valence-electron chi connectivity index (χ0n) is 11.4. The first-order valence-corrected chi connectivity index (χ1v) is 8.09. The molecule has 2 aliphatic rings. The number of nitrogens with one attached hydrogen (secondary N) is 1. The molecule has 0 aliphatic carbocycles. The van der Waals surface area contributed by atoms with E-state index in [1.807, 2.05) is 30.5 Å². The molecular weight excluding hydrogens is 256 g/mol. The van der Waals surface area contributed by atoms with Crippen LogP contribution in [0.15, 0.2) is 29.2 Å². The van der Waals surface area contributed by atoms with Gasteiger partial charge in [-0.1, -0.05) is 0 Å². The van der Waals surface area contributed by atoms with Crippen LogP contribution in [0, 0.1) is 11.8 Å². The third kappa shape index (κ3) is 2.28. The lowest BCUT2D eigenvalue weighted by molar-refractivity contribution is 0.0728. The van der Waals surface area contributed by atoms with Crippen molar-refractivity contribution < 1.29 is 4.79 Å². The maximum atomic E-state index is 12.6. The van der Waals surface area contributed by atoms with Crippen LogP contribution in [0.25, 0.3) is 0 Å². The van der Waals surface area contributed by atoms with E-state index in [2.05, 4.69) is 17.1 Å². The van der Waals surface area contributed by atoms with Gasteiger partial charge in [0.15, 0.2) is 0 Å². The molecule has 2 fully saturated rings.